The van der Waals surface area contributed by atoms with Gasteiger partial charge in [-0.05, 0) is 31.2 Å². The largest absolute Gasteiger partial charge is 0.497 e. The number of rotatable bonds is 3. The molecule has 1 aromatic carbocycles. The Morgan fingerprint density at radius 2 is 2.00 bits per heavy atom. The van der Waals surface area contributed by atoms with Crippen molar-refractivity contribution in [2.24, 2.45) is 0 Å². The SMILES string of the molecule is COc1ccc(-c2nc(C(=O)O)c(C)[nH]2)cc1. The van der Waals surface area contributed by atoms with Crippen LogP contribution in [0.15, 0.2) is 24.3 Å². The number of methoxy groups -OCH3 is 1. The van der Waals surface area contributed by atoms with E-state index in [2.05, 4.69) is 9.97 Å². The summed E-state index contributed by atoms with van der Waals surface area (Å²) in [5, 5.41) is 8.91. The van der Waals surface area contributed by atoms with Crippen molar-refractivity contribution < 1.29 is 14.6 Å². The van der Waals surface area contributed by atoms with Crippen molar-refractivity contribution in [2.45, 2.75) is 6.92 Å². The normalized spacial score (nSPS) is 10.2. The Kier molecular flexibility index (Phi) is 2.82. The van der Waals surface area contributed by atoms with Crippen molar-refractivity contribution in [3.63, 3.8) is 0 Å². The number of ether oxygens (including phenoxy) is 1. The first-order valence-corrected chi connectivity index (χ1v) is 5.06. The van der Waals surface area contributed by atoms with Crippen LogP contribution in [0.2, 0.25) is 0 Å². The lowest BCUT2D eigenvalue weighted by molar-refractivity contribution is 0.0690. The van der Waals surface area contributed by atoms with E-state index in [4.69, 9.17) is 9.84 Å². The van der Waals surface area contributed by atoms with Gasteiger partial charge in [0.25, 0.3) is 0 Å². The monoisotopic (exact) mass is 232 g/mol. The van der Waals surface area contributed by atoms with E-state index in [1.807, 2.05) is 12.1 Å². The van der Waals surface area contributed by atoms with Gasteiger partial charge in [0.2, 0.25) is 0 Å². The third-order valence-electron chi connectivity index (χ3n) is 2.45. The molecule has 0 radical (unpaired) electrons. The molecular formula is C12H12N2O3. The Morgan fingerprint density at radius 3 is 2.47 bits per heavy atom. The summed E-state index contributed by atoms with van der Waals surface area (Å²) < 4.78 is 5.05. The quantitative estimate of drug-likeness (QED) is 0.849. The Balaban J connectivity index is 2.39. The summed E-state index contributed by atoms with van der Waals surface area (Å²) in [5.41, 5.74) is 1.42. The molecule has 2 rings (SSSR count). The van der Waals surface area contributed by atoms with Crippen LogP contribution >= 0.6 is 0 Å². The number of H-pyrrole nitrogens is 1. The number of hydrogen-bond acceptors (Lipinski definition) is 3. The summed E-state index contributed by atoms with van der Waals surface area (Å²) in [4.78, 5) is 17.9. The van der Waals surface area contributed by atoms with Gasteiger partial charge in [-0.3, -0.25) is 0 Å². The molecule has 0 bridgehead atoms. The van der Waals surface area contributed by atoms with Crippen LogP contribution in [0.25, 0.3) is 11.4 Å². The lowest BCUT2D eigenvalue weighted by Gasteiger charge is -2.00. The number of carbonyl (C=O) groups is 1. The highest BCUT2D eigenvalue weighted by Gasteiger charge is 2.14. The molecule has 1 heterocycles. The number of carboxylic acid groups (broad SMARTS) is 1. The average molecular weight is 232 g/mol. The molecule has 2 N–H and O–H groups in total. The van der Waals surface area contributed by atoms with Gasteiger partial charge in [0, 0.05) is 11.3 Å². The van der Waals surface area contributed by atoms with E-state index >= 15 is 0 Å². The number of nitrogens with zero attached hydrogens (tertiary/aromatic N) is 1. The molecule has 88 valence electrons. The van der Waals surface area contributed by atoms with Crippen molar-refractivity contribution in [3.05, 3.63) is 35.7 Å². The van der Waals surface area contributed by atoms with E-state index in [1.54, 1.807) is 26.2 Å². The predicted octanol–water partition coefficient (Wildman–Crippen LogP) is 2.09. The molecule has 17 heavy (non-hydrogen) atoms. The molecule has 0 amide bonds. The molecule has 0 atom stereocenters. The van der Waals surface area contributed by atoms with Crippen LogP contribution in [0.5, 0.6) is 5.75 Å². The fourth-order valence-corrected chi connectivity index (χ4v) is 1.55. The first-order chi connectivity index (χ1) is 8.11. The smallest absolute Gasteiger partial charge is 0.356 e. The standard InChI is InChI=1S/C12H12N2O3/c1-7-10(12(15)16)14-11(13-7)8-3-5-9(17-2)6-4-8/h3-6H,1-2H3,(H,13,14)(H,15,16). The van der Waals surface area contributed by atoms with E-state index in [0.29, 0.717) is 11.5 Å². The Hall–Kier alpha value is -2.30. The molecule has 0 spiro atoms. The van der Waals surface area contributed by atoms with Crippen molar-refractivity contribution >= 4 is 5.97 Å². The molecule has 1 aromatic heterocycles. The van der Waals surface area contributed by atoms with Crippen LogP contribution in [0.3, 0.4) is 0 Å². The van der Waals surface area contributed by atoms with Gasteiger partial charge in [0.05, 0.1) is 7.11 Å². The molecule has 0 aliphatic rings. The maximum Gasteiger partial charge on any atom is 0.356 e. The summed E-state index contributed by atoms with van der Waals surface area (Å²) in [6, 6.07) is 7.24. The number of aromatic nitrogens is 2. The molecule has 0 aliphatic carbocycles. The first-order valence-electron chi connectivity index (χ1n) is 5.06. The number of imidazole rings is 1. The van der Waals surface area contributed by atoms with E-state index in [9.17, 15) is 4.79 Å². The second-order valence-corrected chi connectivity index (χ2v) is 3.59. The van der Waals surface area contributed by atoms with Crippen molar-refractivity contribution in [1.82, 2.24) is 9.97 Å². The van der Waals surface area contributed by atoms with E-state index in [-0.39, 0.29) is 5.69 Å². The summed E-state index contributed by atoms with van der Waals surface area (Å²) >= 11 is 0. The molecule has 0 saturated heterocycles. The predicted molar refractivity (Wildman–Crippen MR) is 62.3 cm³/mol. The van der Waals surface area contributed by atoms with Gasteiger partial charge in [-0.25, -0.2) is 9.78 Å². The van der Waals surface area contributed by atoms with Gasteiger partial charge < -0.3 is 14.8 Å². The van der Waals surface area contributed by atoms with Crippen LogP contribution in [-0.2, 0) is 0 Å². The number of aromatic carboxylic acids is 1. The second-order valence-electron chi connectivity index (χ2n) is 3.59. The van der Waals surface area contributed by atoms with Gasteiger partial charge in [0.1, 0.15) is 11.6 Å². The number of hydrogen-bond donors (Lipinski definition) is 2. The summed E-state index contributed by atoms with van der Waals surface area (Å²) in [7, 11) is 1.59. The van der Waals surface area contributed by atoms with Crippen molar-refractivity contribution in [3.8, 4) is 17.1 Å². The highest BCUT2D eigenvalue weighted by Crippen LogP contribution is 2.21. The van der Waals surface area contributed by atoms with Gasteiger partial charge in [-0.1, -0.05) is 0 Å². The van der Waals surface area contributed by atoms with Crippen LogP contribution in [0, 0.1) is 6.92 Å². The van der Waals surface area contributed by atoms with Gasteiger partial charge in [-0.15, -0.1) is 0 Å². The average Bonchev–Trinajstić information content (AvgIpc) is 2.71. The summed E-state index contributed by atoms with van der Waals surface area (Å²) in [6.07, 6.45) is 0. The fraction of sp³-hybridized carbons (Fsp3) is 0.167. The molecule has 5 nitrogen and oxygen atoms in total. The molecule has 0 aliphatic heterocycles. The molecule has 2 aromatic rings. The molecule has 0 unspecified atom stereocenters. The highest BCUT2D eigenvalue weighted by atomic mass is 16.5. The number of aromatic amines is 1. The number of nitrogens with one attached hydrogen (secondary N) is 1. The summed E-state index contributed by atoms with van der Waals surface area (Å²) in [6.45, 7) is 1.68. The minimum Gasteiger partial charge on any atom is -0.497 e. The van der Waals surface area contributed by atoms with Gasteiger partial charge >= 0.3 is 5.97 Å². The Bertz CT molecular complexity index is 543. The minimum atomic E-state index is -1.03. The summed E-state index contributed by atoms with van der Waals surface area (Å²) in [5.74, 6) is 0.261. The van der Waals surface area contributed by atoms with Gasteiger partial charge in [-0.2, -0.15) is 0 Å². The lowest BCUT2D eigenvalue weighted by Crippen LogP contribution is -1.98. The minimum absolute atomic E-state index is 0.0517. The van der Waals surface area contributed by atoms with E-state index in [0.717, 1.165) is 11.3 Å². The van der Waals surface area contributed by atoms with Crippen molar-refractivity contribution in [1.29, 1.82) is 0 Å². The molecule has 5 heteroatoms. The maximum atomic E-state index is 10.9. The zero-order chi connectivity index (χ0) is 12.4. The Labute approximate surface area is 98.1 Å². The number of aryl methyl sites for hydroxylation is 1. The van der Waals surface area contributed by atoms with E-state index in [1.165, 1.54) is 0 Å². The third-order valence-corrected chi connectivity index (χ3v) is 2.45. The highest BCUT2D eigenvalue weighted by molar-refractivity contribution is 5.87. The zero-order valence-corrected chi connectivity index (χ0v) is 9.52. The van der Waals surface area contributed by atoms with Crippen molar-refractivity contribution in [2.75, 3.05) is 7.11 Å². The van der Waals surface area contributed by atoms with Gasteiger partial charge in [0.15, 0.2) is 5.69 Å². The second kappa shape index (κ2) is 4.29. The van der Waals surface area contributed by atoms with Crippen LogP contribution < -0.4 is 4.74 Å². The topological polar surface area (TPSA) is 75.2 Å². The zero-order valence-electron chi connectivity index (χ0n) is 9.52. The maximum absolute atomic E-state index is 10.9. The molecular weight excluding hydrogens is 220 g/mol. The molecule has 0 fully saturated rings. The van der Waals surface area contributed by atoms with Crippen LogP contribution in [0.4, 0.5) is 0 Å². The first kappa shape index (κ1) is 11.2. The fourth-order valence-electron chi connectivity index (χ4n) is 1.55. The Morgan fingerprint density at radius 1 is 1.35 bits per heavy atom. The van der Waals surface area contributed by atoms with E-state index < -0.39 is 5.97 Å². The lowest BCUT2D eigenvalue weighted by atomic mass is 10.2. The number of benzene rings is 1. The third kappa shape index (κ3) is 2.13. The number of carboxylic acids is 1. The van der Waals surface area contributed by atoms with Crippen LogP contribution in [0.1, 0.15) is 16.2 Å². The molecule has 0 saturated carbocycles. The van der Waals surface area contributed by atoms with Crippen LogP contribution in [-0.4, -0.2) is 28.2 Å².